The van der Waals surface area contributed by atoms with Gasteiger partial charge in [-0.25, -0.2) is 4.98 Å². The van der Waals surface area contributed by atoms with Gasteiger partial charge in [-0.1, -0.05) is 18.2 Å². The smallest absolute Gasteiger partial charge is 0.274 e. The number of rotatable bonds is 6. The molecule has 2 aromatic rings. The number of carbonyl (C=O) groups is 1. The van der Waals surface area contributed by atoms with Gasteiger partial charge in [0.2, 0.25) is 0 Å². The summed E-state index contributed by atoms with van der Waals surface area (Å²) in [6.07, 6.45) is -0.321. The first-order valence-electron chi connectivity index (χ1n) is 7.07. The topological polar surface area (TPSA) is 93.3 Å². The fourth-order valence-electron chi connectivity index (χ4n) is 2.12. The van der Waals surface area contributed by atoms with Gasteiger partial charge in [0.1, 0.15) is 11.5 Å². The number of nitrogens with one attached hydrogen (secondary N) is 2. The van der Waals surface area contributed by atoms with Crippen molar-refractivity contribution in [3.63, 3.8) is 0 Å². The lowest BCUT2D eigenvalue weighted by molar-refractivity contribution is -0.101. The molecule has 0 spiro atoms. The van der Waals surface area contributed by atoms with Gasteiger partial charge in [0, 0.05) is 26.2 Å². The minimum atomic E-state index is -0.559. The van der Waals surface area contributed by atoms with Crippen molar-refractivity contribution in [3.05, 3.63) is 57.8 Å². The molecule has 1 aromatic heterocycles. The van der Waals surface area contributed by atoms with E-state index in [4.69, 9.17) is 9.47 Å². The molecule has 0 aliphatic heterocycles. The molecule has 0 radical (unpaired) electrons. The van der Waals surface area contributed by atoms with Crippen LogP contribution in [0.5, 0.6) is 0 Å². The molecule has 0 aliphatic rings. The highest BCUT2D eigenvalue weighted by Gasteiger charge is 2.18. The molecule has 23 heavy (non-hydrogen) atoms. The first-order chi connectivity index (χ1) is 11.0. The molecule has 2 N–H and O–H groups in total. The molecule has 0 fully saturated rings. The second-order valence-corrected chi connectivity index (χ2v) is 4.90. The van der Waals surface area contributed by atoms with Crippen molar-refractivity contribution >= 4 is 11.6 Å². The van der Waals surface area contributed by atoms with E-state index in [1.165, 1.54) is 14.2 Å². The monoisotopic (exact) mass is 317 g/mol. The fraction of sp³-hybridized carbons (Fsp3) is 0.312. The Labute approximate surface area is 133 Å². The van der Waals surface area contributed by atoms with Crippen LogP contribution in [0.2, 0.25) is 0 Å². The number of aromatic amines is 1. The summed E-state index contributed by atoms with van der Waals surface area (Å²) < 4.78 is 10.3. The molecule has 0 unspecified atom stereocenters. The zero-order chi connectivity index (χ0) is 16.8. The van der Waals surface area contributed by atoms with Gasteiger partial charge in [-0.2, -0.15) is 0 Å². The number of ether oxygens (including phenoxy) is 2. The molecule has 2 rings (SSSR count). The van der Waals surface area contributed by atoms with E-state index in [2.05, 4.69) is 15.3 Å². The van der Waals surface area contributed by atoms with E-state index in [1.807, 2.05) is 6.07 Å². The SMILES string of the molecule is COC(Cc1nc(C)[nH]c(=O)c1NC(=O)c1ccccc1)OC. The lowest BCUT2D eigenvalue weighted by Gasteiger charge is -2.15. The van der Waals surface area contributed by atoms with Crippen LogP contribution in [-0.4, -0.2) is 36.4 Å². The van der Waals surface area contributed by atoms with Crippen LogP contribution >= 0.6 is 0 Å². The number of H-pyrrole nitrogens is 1. The molecule has 122 valence electrons. The van der Waals surface area contributed by atoms with E-state index >= 15 is 0 Å². The maximum absolute atomic E-state index is 12.3. The number of amides is 1. The third-order valence-electron chi connectivity index (χ3n) is 3.27. The molecule has 7 heteroatoms. The second-order valence-electron chi connectivity index (χ2n) is 4.90. The van der Waals surface area contributed by atoms with Gasteiger partial charge in [0.15, 0.2) is 6.29 Å². The number of nitrogens with zero attached hydrogens (tertiary/aromatic N) is 1. The molecule has 0 bridgehead atoms. The van der Waals surface area contributed by atoms with Crippen LogP contribution in [0.25, 0.3) is 0 Å². The summed E-state index contributed by atoms with van der Waals surface area (Å²) in [4.78, 5) is 31.3. The fourth-order valence-corrected chi connectivity index (χ4v) is 2.12. The van der Waals surface area contributed by atoms with E-state index in [9.17, 15) is 9.59 Å². The van der Waals surface area contributed by atoms with Gasteiger partial charge < -0.3 is 19.8 Å². The van der Waals surface area contributed by atoms with E-state index in [0.29, 0.717) is 17.1 Å². The van der Waals surface area contributed by atoms with Crippen molar-refractivity contribution in [1.29, 1.82) is 0 Å². The molecule has 0 atom stereocenters. The maximum atomic E-state index is 12.3. The molecule has 1 amide bonds. The minimum absolute atomic E-state index is 0.101. The average Bonchev–Trinajstić information content (AvgIpc) is 2.56. The molecule has 1 heterocycles. The van der Waals surface area contributed by atoms with Crippen LogP contribution in [0.15, 0.2) is 35.1 Å². The Morgan fingerprint density at radius 3 is 2.52 bits per heavy atom. The normalized spacial score (nSPS) is 10.8. The van der Waals surface area contributed by atoms with Gasteiger partial charge in [0.05, 0.1) is 5.69 Å². The number of anilines is 1. The Morgan fingerprint density at radius 1 is 1.26 bits per heavy atom. The predicted octanol–water partition coefficient (Wildman–Crippen LogP) is 1.49. The van der Waals surface area contributed by atoms with Crippen molar-refractivity contribution in [2.24, 2.45) is 0 Å². The number of aromatic nitrogens is 2. The highest BCUT2D eigenvalue weighted by molar-refractivity contribution is 6.04. The molecule has 0 saturated carbocycles. The number of hydrogen-bond donors (Lipinski definition) is 2. The Morgan fingerprint density at radius 2 is 1.91 bits per heavy atom. The van der Waals surface area contributed by atoms with Crippen molar-refractivity contribution in [2.45, 2.75) is 19.6 Å². The van der Waals surface area contributed by atoms with Crippen LogP contribution < -0.4 is 10.9 Å². The summed E-state index contributed by atoms with van der Waals surface area (Å²) in [5.41, 5.74) is 0.545. The van der Waals surface area contributed by atoms with Gasteiger partial charge in [0.25, 0.3) is 11.5 Å². The zero-order valence-corrected chi connectivity index (χ0v) is 13.3. The van der Waals surface area contributed by atoms with E-state index in [0.717, 1.165) is 0 Å². The largest absolute Gasteiger partial charge is 0.356 e. The molecule has 0 saturated heterocycles. The van der Waals surface area contributed by atoms with Gasteiger partial charge in [-0.05, 0) is 19.1 Å². The predicted molar refractivity (Wildman–Crippen MR) is 85.5 cm³/mol. The van der Waals surface area contributed by atoms with E-state index in [1.54, 1.807) is 31.2 Å². The number of hydrogen-bond acceptors (Lipinski definition) is 5. The van der Waals surface area contributed by atoms with Gasteiger partial charge in [-0.3, -0.25) is 9.59 Å². The number of benzene rings is 1. The Kier molecular flexibility index (Phi) is 5.61. The summed E-state index contributed by atoms with van der Waals surface area (Å²) in [7, 11) is 2.99. The summed E-state index contributed by atoms with van der Waals surface area (Å²) in [6.45, 7) is 1.67. The Hall–Kier alpha value is -2.51. The van der Waals surface area contributed by atoms with Crippen molar-refractivity contribution in [3.8, 4) is 0 Å². The van der Waals surface area contributed by atoms with Gasteiger partial charge >= 0.3 is 0 Å². The standard InChI is InChI=1S/C16H19N3O4/c1-10-17-12(9-13(22-2)23-3)14(16(21)18-10)19-15(20)11-7-5-4-6-8-11/h4-8,13H,9H2,1-3H3,(H,19,20)(H,17,18,21). The van der Waals surface area contributed by atoms with Crippen LogP contribution in [0, 0.1) is 6.92 Å². The van der Waals surface area contributed by atoms with Crippen LogP contribution in [0.1, 0.15) is 21.9 Å². The molecule has 7 nitrogen and oxygen atoms in total. The van der Waals surface area contributed by atoms with Crippen molar-refractivity contribution in [2.75, 3.05) is 19.5 Å². The molecule has 1 aromatic carbocycles. The Bertz CT molecular complexity index is 724. The first kappa shape index (κ1) is 16.9. The second kappa shape index (κ2) is 7.66. The van der Waals surface area contributed by atoms with Crippen LogP contribution in [0.4, 0.5) is 5.69 Å². The lowest BCUT2D eigenvalue weighted by Crippen LogP contribution is -2.26. The van der Waals surface area contributed by atoms with Gasteiger partial charge in [-0.15, -0.1) is 0 Å². The number of methoxy groups -OCH3 is 2. The Balaban J connectivity index is 2.33. The summed E-state index contributed by atoms with van der Waals surface area (Å²) in [5.74, 6) is 0.0723. The van der Waals surface area contributed by atoms with Crippen LogP contribution in [-0.2, 0) is 15.9 Å². The summed E-state index contributed by atoms with van der Waals surface area (Å²) in [5, 5.41) is 2.62. The summed E-state index contributed by atoms with van der Waals surface area (Å²) in [6, 6.07) is 8.64. The van der Waals surface area contributed by atoms with Crippen molar-refractivity contribution < 1.29 is 14.3 Å². The van der Waals surface area contributed by atoms with Crippen LogP contribution in [0.3, 0.4) is 0 Å². The highest BCUT2D eigenvalue weighted by atomic mass is 16.7. The maximum Gasteiger partial charge on any atom is 0.274 e. The van der Waals surface area contributed by atoms with E-state index in [-0.39, 0.29) is 18.0 Å². The molecular weight excluding hydrogens is 298 g/mol. The number of carbonyl (C=O) groups excluding carboxylic acids is 1. The zero-order valence-electron chi connectivity index (χ0n) is 13.3. The highest BCUT2D eigenvalue weighted by Crippen LogP contribution is 2.13. The first-order valence-corrected chi connectivity index (χ1v) is 7.07. The average molecular weight is 317 g/mol. The lowest BCUT2D eigenvalue weighted by atomic mass is 10.2. The molecule has 0 aliphatic carbocycles. The molecular formula is C16H19N3O4. The van der Waals surface area contributed by atoms with Crippen molar-refractivity contribution in [1.82, 2.24) is 9.97 Å². The third kappa shape index (κ3) is 4.24. The summed E-state index contributed by atoms with van der Waals surface area (Å²) >= 11 is 0. The quantitative estimate of drug-likeness (QED) is 0.787. The number of aryl methyl sites for hydroxylation is 1. The third-order valence-corrected chi connectivity index (χ3v) is 3.27. The van der Waals surface area contributed by atoms with E-state index < -0.39 is 11.8 Å². The minimum Gasteiger partial charge on any atom is -0.356 e.